The minimum absolute atomic E-state index is 0.919. The Morgan fingerprint density at radius 3 is 1.40 bits per heavy atom. The van der Waals surface area contributed by atoms with E-state index in [4.69, 9.17) is 9.97 Å². The summed E-state index contributed by atoms with van der Waals surface area (Å²) in [5.41, 5.74) is 13.8. The Morgan fingerprint density at radius 2 is 0.740 bits per heavy atom. The number of benzene rings is 8. The summed E-state index contributed by atoms with van der Waals surface area (Å²) in [6.45, 7) is 0. The molecular formula is C48H28N2. The van der Waals surface area contributed by atoms with E-state index in [0.29, 0.717) is 0 Å². The number of hydrogen-bond donors (Lipinski definition) is 0. The molecule has 0 saturated carbocycles. The maximum absolute atomic E-state index is 5.45. The van der Waals surface area contributed by atoms with Crippen LogP contribution in [0.1, 0.15) is 0 Å². The summed E-state index contributed by atoms with van der Waals surface area (Å²) < 4.78 is 0. The van der Waals surface area contributed by atoms with Crippen LogP contribution < -0.4 is 0 Å². The molecule has 2 heteroatoms. The largest absolute Gasteiger partial charge is 0.245 e. The Hall–Kier alpha value is -6.64. The van der Waals surface area contributed by atoms with E-state index in [2.05, 4.69) is 164 Å². The lowest BCUT2D eigenvalue weighted by atomic mass is 9.85. The fourth-order valence-electron chi connectivity index (χ4n) is 8.40. The molecule has 230 valence electrons. The molecule has 0 atom stereocenters. The molecule has 8 aromatic carbocycles. The van der Waals surface area contributed by atoms with Gasteiger partial charge in [-0.2, -0.15) is 0 Å². The Bertz CT molecular complexity index is 2940. The number of rotatable bonds is 3. The zero-order chi connectivity index (χ0) is 32.8. The molecule has 11 rings (SSSR count). The lowest BCUT2D eigenvalue weighted by molar-refractivity contribution is 1.37. The van der Waals surface area contributed by atoms with Gasteiger partial charge in [-0.15, -0.1) is 0 Å². The Kier molecular flexibility index (Phi) is 5.70. The van der Waals surface area contributed by atoms with E-state index < -0.39 is 0 Å². The van der Waals surface area contributed by atoms with E-state index in [0.717, 1.165) is 44.3 Å². The first-order valence-electron chi connectivity index (χ1n) is 17.2. The molecular weight excluding hydrogens is 605 g/mol. The van der Waals surface area contributed by atoms with E-state index in [1.165, 1.54) is 65.7 Å². The summed E-state index contributed by atoms with van der Waals surface area (Å²) in [7, 11) is 0. The Balaban J connectivity index is 1.19. The van der Waals surface area contributed by atoms with Gasteiger partial charge < -0.3 is 0 Å². The van der Waals surface area contributed by atoms with Crippen molar-refractivity contribution in [3.8, 4) is 55.9 Å². The molecule has 10 aromatic rings. The smallest absolute Gasteiger partial charge is 0.0972 e. The predicted octanol–water partition coefficient (Wildman–Crippen LogP) is 12.9. The summed E-state index contributed by atoms with van der Waals surface area (Å²) in [4.78, 5) is 10.6. The third-order valence-corrected chi connectivity index (χ3v) is 10.6. The average molecular weight is 633 g/mol. The third-order valence-electron chi connectivity index (χ3n) is 10.6. The van der Waals surface area contributed by atoms with Crippen molar-refractivity contribution in [3.63, 3.8) is 0 Å². The molecule has 0 amide bonds. The highest BCUT2D eigenvalue weighted by Crippen LogP contribution is 2.51. The molecule has 50 heavy (non-hydrogen) atoms. The third kappa shape index (κ3) is 3.85. The topological polar surface area (TPSA) is 25.8 Å². The van der Waals surface area contributed by atoms with Gasteiger partial charge >= 0.3 is 0 Å². The molecule has 0 saturated heterocycles. The van der Waals surface area contributed by atoms with E-state index in [1.54, 1.807) is 0 Å². The van der Waals surface area contributed by atoms with Crippen LogP contribution in [0.4, 0.5) is 0 Å². The van der Waals surface area contributed by atoms with Crippen molar-refractivity contribution in [2.45, 2.75) is 0 Å². The molecule has 0 aliphatic heterocycles. The van der Waals surface area contributed by atoms with Crippen LogP contribution in [-0.2, 0) is 0 Å². The molecule has 2 heterocycles. The van der Waals surface area contributed by atoms with Crippen LogP contribution in [0, 0.1) is 0 Å². The van der Waals surface area contributed by atoms with Crippen molar-refractivity contribution < 1.29 is 0 Å². The minimum Gasteiger partial charge on any atom is -0.245 e. The van der Waals surface area contributed by atoms with Crippen LogP contribution in [0.3, 0.4) is 0 Å². The van der Waals surface area contributed by atoms with Crippen molar-refractivity contribution >= 4 is 54.1 Å². The first-order chi connectivity index (χ1) is 24.8. The standard InChI is InChI=1S/C48H28N2/c1-2-11-29(12-3-1)42-27-23-30-21-22-31-24-28-43(50-48(31)47(30)49-42)46-38-17-8-6-15-35(38)45(36-16-7-9-18-39(36)46)41-26-25-40-33-14-5-4-13-32(33)34-19-10-20-37(41)44(34)40/h1-28H. The van der Waals surface area contributed by atoms with E-state index >= 15 is 0 Å². The molecule has 0 fully saturated rings. The molecule has 2 aromatic heterocycles. The van der Waals surface area contributed by atoms with Gasteiger partial charge in [-0.3, -0.25) is 0 Å². The number of nitrogens with zero attached hydrogens (tertiary/aromatic N) is 2. The fourth-order valence-corrected chi connectivity index (χ4v) is 8.40. The monoisotopic (exact) mass is 632 g/mol. The van der Waals surface area contributed by atoms with E-state index in [9.17, 15) is 0 Å². The second-order valence-corrected chi connectivity index (χ2v) is 13.2. The molecule has 0 radical (unpaired) electrons. The number of hydrogen-bond acceptors (Lipinski definition) is 2. The Labute approximate surface area is 289 Å². The van der Waals surface area contributed by atoms with Crippen molar-refractivity contribution in [2.75, 3.05) is 0 Å². The van der Waals surface area contributed by atoms with Crippen LogP contribution in [0.15, 0.2) is 170 Å². The summed E-state index contributed by atoms with van der Waals surface area (Å²) in [6, 6.07) is 61.3. The summed E-state index contributed by atoms with van der Waals surface area (Å²) >= 11 is 0. The van der Waals surface area contributed by atoms with Gasteiger partial charge in [0.2, 0.25) is 0 Å². The normalized spacial score (nSPS) is 12.0. The molecule has 0 spiro atoms. The highest BCUT2D eigenvalue weighted by Gasteiger charge is 2.24. The Morgan fingerprint density at radius 1 is 0.280 bits per heavy atom. The van der Waals surface area contributed by atoms with Gasteiger partial charge in [-0.25, -0.2) is 9.97 Å². The van der Waals surface area contributed by atoms with Crippen LogP contribution >= 0.6 is 0 Å². The van der Waals surface area contributed by atoms with Crippen molar-refractivity contribution in [1.82, 2.24) is 9.97 Å². The van der Waals surface area contributed by atoms with E-state index in [-0.39, 0.29) is 0 Å². The van der Waals surface area contributed by atoms with Crippen molar-refractivity contribution in [2.24, 2.45) is 0 Å². The van der Waals surface area contributed by atoms with Crippen LogP contribution in [0.5, 0.6) is 0 Å². The van der Waals surface area contributed by atoms with Crippen LogP contribution in [-0.4, -0.2) is 9.97 Å². The van der Waals surface area contributed by atoms with Crippen molar-refractivity contribution in [1.29, 1.82) is 0 Å². The molecule has 1 aliphatic carbocycles. The first kappa shape index (κ1) is 27.3. The van der Waals surface area contributed by atoms with Gasteiger partial charge in [-0.05, 0) is 77.8 Å². The van der Waals surface area contributed by atoms with Crippen LogP contribution in [0.25, 0.3) is 110 Å². The minimum atomic E-state index is 0.919. The van der Waals surface area contributed by atoms with Gasteiger partial charge in [0.25, 0.3) is 0 Å². The highest BCUT2D eigenvalue weighted by molar-refractivity contribution is 6.26. The maximum atomic E-state index is 5.45. The van der Waals surface area contributed by atoms with E-state index in [1.807, 2.05) is 6.07 Å². The number of fused-ring (bicyclic) bond motifs is 8. The van der Waals surface area contributed by atoms with Gasteiger partial charge in [-0.1, -0.05) is 158 Å². The molecule has 0 N–H and O–H groups in total. The molecule has 0 bridgehead atoms. The SMILES string of the molecule is c1ccc(-c2ccc3ccc4ccc(-c5c6ccccc6c(-c6ccc7c8c(cccc68)-c6ccccc6-7)c6ccccc56)nc4c3n2)cc1. The van der Waals surface area contributed by atoms with Gasteiger partial charge in [0, 0.05) is 21.9 Å². The maximum Gasteiger partial charge on any atom is 0.0972 e. The second kappa shape index (κ2) is 10.4. The second-order valence-electron chi connectivity index (χ2n) is 13.2. The lowest BCUT2D eigenvalue weighted by Gasteiger charge is -2.19. The number of aromatic nitrogens is 2. The first-order valence-corrected chi connectivity index (χ1v) is 17.2. The average Bonchev–Trinajstić information content (AvgIpc) is 3.52. The quantitative estimate of drug-likeness (QED) is 0.143. The molecule has 1 aliphatic rings. The van der Waals surface area contributed by atoms with Gasteiger partial charge in [0.1, 0.15) is 0 Å². The molecule has 2 nitrogen and oxygen atoms in total. The highest BCUT2D eigenvalue weighted by atomic mass is 14.8. The fraction of sp³-hybridized carbons (Fsp3) is 0. The van der Waals surface area contributed by atoms with Crippen molar-refractivity contribution in [3.05, 3.63) is 170 Å². The van der Waals surface area contributed by atoms with Gasteiger partial charge in [0.15, 0.2) is 0 Å². The molecule has 0 unspecified atom stereocenters. The zero-order valence-electron chi connectivity index (χ0n) is 27.1. The predicted molar refractivity (Wildman–Crippen MR) is 210 cm³/mol. The van der Waals surface area contributed by atoms with Gasteiger partial charge in [0.05, 0.1) is 22.4 Å². The number of pyridine rings is 2. The lowest BCUT2D eigenvalue weighted by Crippen LogP contribution is -1.94. The zero-order valence-corrected chi connectivity index (χ0v) is 27.1. The van der Waals surface area contributed by atoms with Crippen LogP contribution in [0.2, 0.25) is 0 Å². The summed E-state index contributed by atoms with van der Waals surface area (Å²) in [5.74, 6) is 0. The summed E-state index contributed by atoms with van der Waals surface area (Å²) in [5, 5.41) is 9.63. The summed E-state index contributed by atoms with van der Waals surface area (Å²) in [6.07, 6.45) is 0.